The van der Waals surface area contributed by atoms with Gasteiger partial charge in [-0.3, -0.25) is 9.59 Å². The van der Waals surface area contributed by atoms with E-state index in [1.165, 1.54) is 19.3 Å². The molecule has 2 fully saturated rings. The zero-order valence-electron chi connectivity index (χ0n) is 11.4. The van der Waals surface area contributed by atoms with Gasteiger partial charge in [-0.25, -0.2) is 0 Å². The molecule has 5 nitrogen and oxygen atoms in total. The van der Waals surface area contributed by atoms with E-state index in [0.717, 1.165) is 25.7 Å². The van der Waals surface area contributed by atoms with Crippen LogP contribution in [0, 0.1) is 5.92 Å². The Labute approximate surface area is 114 Å². The highest BCUT2D eigenvalue weighted by Crippen LogP contribution is 2.27. The maximum absolute atomic E-state index is 12.0. The summed E-state index contributed by atoms with van der Waals surface area (Å²) >= 11 is 0. The minimum atomic E-state index is -0.542. The monoisotopic (exact) mass is 268 g/mol. The Hall–Kier alpha value is -1.10. The number of carbonyl (C=O) groups excluding carboxylic acids is 2. The van der Waals surface area contributed by atoms with E-state index in [-0.39, 0.29) is 5.91 Å². The Bertz CT molecular complexity index is 321. The van der Waals surface area contributed by atoms with Gasteiger partial charge in [-0.15, -0.1) is 0 Å². The van der Waals surface area contributed by atoms with Gasteiger partial charge in [0.05, 0.1) is 0 Å². The molecule has 0 aromatic carbocycles. The van der Waals surface area contributed by atoms with Crippen LogP contribution in [-0.4, -0.2) is 30.6 Å². The summed E-state index contributed by atoms with van der Waals surface area (Å²) in [5.41, 5.74) is 5.41. The van der Waals surface area contributed by atoms with E-state index in [2.05, 4.69) is 5.32 Å². The number of rotatable bonds is 5. The average molecular weight is 268 g/mol. The Morgan fingerprint density at radius 1 is 1.16 bits per heavy atom. The van der Waals surface area contributed by atoms with E-state index in [4.69, 9.17) is 10.5 Å². The lowest BCUT2D eigenvalue weighted by molar-refractivity contribution is -0.134. The number of hydrogen-bond acceptors (Lipinski definition) is 3. The van der Waals surface area contributed by atoms with Crippen molar-refractivity contribution in [2.75, 3.05) is 6.61 Å². The van der Waals surface area contributed by atoms with Crippen LogP contribution in [0.2, 0.25) is 0 Å². The molecule has 2 atom stereocenters. The van der Waals surface area contributed by atoms with Gasteiger partial charge in [0.15, 0.2) is 0 Å². The largest absolute Gasteiger partial charge is 0.368 e. The third kappa shape index (κ3) is 4.20. The van der Waals surface area contributed by atoms with Crippen LogP contribution in [-0.2, 0) is 14.3 Å². The first-order chi connectivity index (χ1) is 9.16. The number of amides is 2. The molecule has 1 saturated heterocycles. The SMILES string of the molecule is NC(=O)[C@H](CC1CCCCC1)NC(=O)[C@@H]1CCCO1. The number of nitrogens with two attached hydrogens (primary N) is 1. The molecule has 1 aliphatic carbocycles. The molecule has 0 spiro atoms. The topological polar surface area (TPSA) is 81.4 Å². The maximum atomic E-state index is 12.0. The van der Waals surface area contributed by atoms with Crippen molar-refractivity contribution in [2.45, 2.75) is 63.5 Å². The Morgan fingerprint density at radius 3 is 2.47 bits per heavy atom. The molecule has 0 aromatic rings. The van der Waals surface area contributed by atoms with Gasteiger partial charge >= 0.3 is 0 Å². The third-order valence-corrected chi connectivity index (χ3v) is 4.18. The van der Waals surface area contributed by atoms with Crippen LogP contribution < -0.4 is 11.1 Å². The summed E-state index contributed by atoms with van der Waals surface area (Å²) in [6, 6.07) is -0.542. The summed E-state index contributed by atoms with van der Waals surface area (Å²) < 4.78 is 5.32. The second kappa shape index (κ2) is 6.89. The second-order valence-corrected chi connectivity index (χ2v) is 5.70. The third-order valence-electron chi connectivity index (χ3n) is 4.18. The maximum Gasteiger partial charge on any atom is 0.249 e. The first kappa shape index (κ1) is 14.3. The minimum absolute atomic E-state index is 0.183. The number of nitrogens with one attached hydrogen (secondary N) is 1. The molecule has 3 N–H and O–H groups in total. The van der Waals surface area contributed by atoms with Gasteiger partial charge in [0.1, 0.15) is 12.1 Å². The van der Waals surface area contributed by atoms with E-state index in [0.29, 0.717) is 18.9 Å². The van der Waals surface area contributed by atoms with Crippen molar-refractivity contribution in [1.82, 2.24) is 5.32 Å². The van der Waals surface area contributed by atoms with Gasteiger partial charge in [-0.1, -0.05) is 32.1 Å². The standard InChI is InChI=1S/C14H24N2O3/c15-13(17)11(9-10-5-2-1-3-6-10)16-14(18)12-7-4-8-19-12/h10-12H,1-9H2,(H2,15,17)(H,16,18)/t11-,12-/m0/s1. The van der Waals surface area contributed by atoms with Gasteiger partial charge < -0.3 is 15.8 Å². The molecule has 0 unspecified atom stereocenters. The van der Waals surface area contributed by atoms with Crippen LogP contribution in [0.3, 0.4) is 0 Å². The number of ether oxygens (including phenoxy) is 1. The van der Waals surface area contributed by atoms with Crippen molar-refractivity contribution in [3.05, 3.63) is 0 Å². The predicted octanol–water partition coefficient (Wildman–Crippen LogP) is 1.11. The minimum Gasteiger partial charge on any atom is -0.368 e. The lowest BCUT2D eigenvalue weighted by Crippen LogP contribution is -2.48. The summed E-state index contributed by atoms with van der Waals surface area (Å²) in [5, 5.41) is 2.77. The molecule has 1 saturated carbocycles. The fourth-order valence-corrected chi connectivity index (χ4v) is 3.05. The molecular formula is C14H24N2O3. The van der Waals surface area contributed by atoms with Crippen molar-refractivity contribution < 1.29 is 14.3 Å². The van der Waals surface area contributed by atoms with Gasteiger partial charge in [0.2, 0.25) is 11.8 Å². The summed E-state index contributed by atoms with van der Waals surface area (Å²) in [7, 11) is 0. The van der Waals surface area contributed by atoms with Gasteiger partial charge in [-0.05, 0) is 25.2 Å². The zero-order valence-corrected chi connectivity index (χ0v) is 11.4. The Morgan fingerprint density at radius 2 is 1.89 bits per heavy atom. The lowest BCUT2D eigenvalue weighted by atomic mass is 9.84. The average Bonchev–Trinajstić information content (AvgIpc) is 2.93. The first-order valence-corrected chi connectivity index (χ1v) is 7.38. The molecule has 1 heterocycles. The van der Waals surface area contributed by atoms with E-state index >= 15 is 0 Å². The molecule has 0 aromatic heterocycles. The second-order valence-electron chi connectivity index (χ2n) is 5.70. The fourth-order valence-electron chi connectivity index (χ4n) is 3.05. The van der Waals surface area contributed by atoms with Crippen molar-refractivity contribution in [2.24, 2.45) is 11.7 Å². The molecule has 2 amide bonds. The quantitative estimate of drug-likeness (QED) is 0.783. The van der Waals surface area contributed by atoms with Gasteiger partial charge in [0, 0.05) is 6.61 Å². The van der Waals surface area contributed by atoms with Crippen LogP contribution in [0.5, 0.6) is 0 Å². The van der Waals surface area contributed by atoms with Crippen molar-refractivity contribution >= 4 is 11.8 Å². The van der Waals surface area contributed by atoms with E-state index in [9.17, 15) is 9.59 Å². The zero-order chi connectivity index (χ0) is 13.7. The molecule has 2 aliphatic rings. The van der Waals surface area contributed by atoms with Crippen molar-refractivity contribution in [1.29, 1.82) is 0 Å². The highest BCUT2D eigenvalue weighted by atomic mass is 16.5. The molecule has 5 heteroatoms. The Balaban J connectivity index is 1.84. The number of primary amides is 1. The number of hydrogen-bond donors (Lipinski definition) is 2. The van der Waals surface area contributed by atoms with Gasteiger partial charge in [0.25, 0.3) is 0 Å². The molecular weight excluding hydrogens is 244 g/mol. The van der Waals surface area contributed by atoms with Crippen molar-refractivity contribution in [3.8, 4) is 0 Å². The number of carbonyl (C=O) groups is 2. The highest BCUT2D eigenvalue weighted by molar-refractivity contribution is 5.88. The molecule has 108 valence electrons. The lowest BCUT2D eigenvalue weighted by Gasteiger charge is -2.26. The van der Waals surface area contributed by atoms with E-state index in [1.54, 1.807) is 0 Å². The van der Waals surface area contributed by atoms with Crippen LogP contribution in [0.1, 0.15) is 51.4 Å². The van der Waals surface area contributed by atoms with Crippen LogP contribution in [0.4, 0.5) is 0 Å². The van der Waals surface area contributed by atoms with Crippen LogP contribution in [0.25, 0.3) is 0 Å². The van der Waals surface area contributed by atoms with Crippen LogP contribution in [0.15, 0.2) is 0 Å². The summed E-state index contributed by atoms with van der Waals surface area (Å²) in [5.74, 6) is -0.106. The molecule has 2 rings (SSSR count). The summed E-state index contributed by atoms with van der Waals surface area (Å²) in [4.78, 5) is 23.4. The Kier molecular flexibility index (Phi) is 5.19. The highest BCUT2D eigenvalue weighted by Gasteiger charge is 2.29. The molecule has 1 aliphatic heterocycles. The fraction of sp³-hybridized carbons (Fsp3) is 0.857. The van der Waals surface area contributed by atoms with E-state index in [1.807, 2.05) is 0 Å². The van der Waals surface area contributed by atoms with Crippen molar-refractivity contribution in [3.63, 3.8) is 0 Å². The smallest absolute Gasteiger partial charge is 0.249 e. The summed E-state index contributed by atoms with van der Waals surface area (Å²) in [6.07, 6.45) is 7.91. The molecule has 19 heavy (non-hydrogen) atoms. The van der Waals surface area contributed by atoms with Gasteiger partial charge in [-0.2, -0.15) is 0 Å². The normalized spacial score (nSPS) is 26.0. The predicted molar refractivity (Wildman–Crippen MR) is 71.3 cm³/mol. The first-order valence-electron chi connectivity index (χ1n) is 7.38. The van der Waals surface area contributed by atoms with E-state index < -0.39 is 18.1 Å². The molecule has 0 bridgehead atoms. The van der Waals surface area contributed by atoms with Crippen LogP contribution >= 0.6 is 0 Å². The summed E-state index contributed by atoms with van der Waals surface area (Å²) in [6.45, 7) is 0.627. The molecule has 0 radical (unpaired) electrons.